The zero-order valence-electron chi connectivity index (χ0n) is 15.5. The predicted molar refractivity (Wildman–Crippen MR) is 112 cm³/mol. The zero-order valence-corrected chi connectivity index (χ0v) is 17.8. The SMILES string of the molecule is CN1CCN(CCNC(=O)c2n[nH]c(NC(=O)c3ccccc3Cl)c2Br)CC1. The average Bonchev–Trinajstić information content (AvgIpc) is 3.04. The van der Waals surface area contributed by atoms with Crippen molar-refractivity contribution in [1.82, 2.24) is 25.3 Å². The number of rotatable bonds is 6. The van der Waals surface area contributed by atoms with Gasteiger partial charge in [-0.1, -0.05) is 23.7 Å². The minimum Gasteiger partial charge on any atom is -0.349 e. The molecule has 150 valence electrons. The number of aromatic nitrogens is 2. The Morgan fingerprint density at radius 1 is 1.21 bits per heavy atom. The summed E-state index contributed by atoms with van der Waals surface area (Å²) in [6.45, 7) is 5.38. The number of carbonyl (C=O) groups excluding carboxylic acids is 2. The lowest BCUT2D eigenvalue weighted by molar-refractivity contribution is 0.0934. The van der Waals surface area contributed by atoms with Crippen LogP contribution in [-0.4, -0.2) is 78.1 Å². The highest BCUT2D eigenvalue weighted by Gasteiger charge is 2.20. The van der Waals surface area contributed by atoms with Crippen LogP contribution in [0.2, 0.25) is 5.02 Å². The fourth-order valence-corrected chi connectivity index (χ4v) is 3.55. The zero-order chi connectivity index (χ0) is 20.1. The lowest BCUT2D eigenvalue weighted by atomic mass is 10.2. The molecule has 1 aromatic heterocycles. The lowest BCUT2D eigenvalue weighted by Crippen LogP contribution is -2.46. The molecule has 28 heavy (non-hydrogen) atoms. The van der Waals surface area contributed by atoms with E-state index >= 15 is 0 Å². The van der Waals surface area contributed by atoms with Crippen molar-refractivity contribution in [2.45, 2.75) is 0 Å². The molecule has 0 atom stereocenters. The fourth-order valence-electron chi connectivity index (χ4n) is 2.87. The van der Waals surface area contributed by atoms with Gasteiger partial charge in [0.05, 0.1) is 15.1 Å². The molecule has 0 radical (unpaired) electrons. The maximum atomic E-state index is 12.4. The summed E-state index contributed by atoms with van der Waals surface area (Å²) in [7, 11) is 2.11. The smallest absolute Gasteiger partial charge is 0.273 e. The number of benzene rings is 1. The van der Waals surface area contributed by atoms with Crippen molar-refractivity contribution in [2.75, 3.05) is 51.6 Å². The number of nitrogens with zero attached hydrogens (tertiary/aromatic N) is 3. The normalized spacial score (nSPS) is 15.4. The van der Waals surface area contributed by atoms with Crippen LogP contribution < -0.4 is 10.6 Å². The Balaban J connectivity index is 1.54. The van der Waals surface area contributed by atoms with Crippen molar-refractivity contribution in [3.63, 3.8) is 0 Å². The summed E-state index contributed by atoms with van der Waals surface area (Å²) in [5, 5.41) is 12.6. The second-order valence-corrected chi connectivity index (χ2v) is 7.80. The predicted octanol–water partition coefficient (Wildman–Crippen LogP) is 2.06. The molecule has 0 spiro atoms. The van der Waals surface area contributed by atoms with Crippen molar-refractivity contribution >= 4 is 45.2 Å². The third kappa shape index (κ3) is 5.11. The molecular weight excluding hydrogens is 448 g/mol. The van der Waals surface area contributed by atoms with Crippen molar-refractivity contribution in [2.24, 2.45) is 0 Å². The van der Waals surface area contributed by atoms with E-state index in [9.17, 15) is 9.59 Å². The number of carbonyl (C=O) groups is 2. The summed E-state index contributed by atoms with van der Waals surface area (Å²) < 4.78 is 0.394. The van der Waals surface area contributed by atoms with E-state index in [1.165, 1.54) is 0 Å². The third-order valence-corrected chi connectivity index (χ3v) is 5.69. The van der Waals surface area contributed by atoms with Gasteiger partial charge < -0.3 is 15.5 Å². The molecule has 1 aromatic carbocycles. The summed E-state index contributed by atoms with van der Waals surface area (Å²) in [6, 6.07) is 6.73. The Kier molecular flexibility index (Phi) is 7.06. The minimum absolute atomic E-state index is 0.188. The number of halogens is 2. The third-order valence-electron chi connectivity index (χ3n) is 4.59. The van der Waals surface area contributed by atoms with Crippen molar-refractivity contribution in [1.29, 1.82) is 0 Å². The highest BCUT2D eigenvalue weighted by Crippen LogP contribution is 2.25. The van der Waals surface area contributed by atoms with Gasteiger partial charge in [0.15, 0.2) is 5.69 Å². The first-order valence-corrected chi connectivity index (χ1v) is 10.1. The van der Waals surface area contributed by atoms with Crippen LogP contribution in [0.15, 0.2) is 28.7 Å². The molecule has 2 aromatic rings. The van der Waals surface area contributed by atoms with Crippen LogP contribution in [0.4, 0.5) is 5.82 Å². The Bertz CT molecular complexity index is 850. The molecule has 1 fully saturated rings. The number of H-pyrrole nitrogens is 1. The van der Waals surface area contributed by atoms with Crippen LogP contribution in [0, 0.1) is 0 Å². The van der Waals surface area contributed by atoms with Gasteiger partial charge in [-0.3, -0.25) is 19.6 Å². The van der Waals surface area contributed by atoms with E-state index in [0.29, 0.717) is 27.4 Å². The van der Waals surface area contributed by atoms with Gasteiger partial charge in [-0.2, -0.15) is 5.10 Å². The molecule has 2 amide bonds. The Morgan fingerprint density at radius 3 is 2.64 bits per heavy atom. The van der Waals surface area contributed by atoms with E-state index in [-0.39, 0.29) is 11.6 Å². The van der Waals surface area contributed by atoms with E-state index in [4.69, 9.17) is 11.6 Å². The Labute approximate surface area is 176 Å². The van der Waals surface area contributed by atoms with Gasteiger partial charge in [0.25, 0.3) is 11.8 Å². The number of likely N-dealkylation sites (N-methyl/N-ethyl adjacent to an activating group) is 1. The summed E-state index contributed by atoms with van der Waals surface area (Å²) in [4.78, 5) is 29.4. The number of hydrogen-bond donors (Lipinski definition) is 3. The highest BCUT2D eigenvalue weighted by molar-refractivity contribution is 9.10. The summed E-state index contributed by atoms with van der Waals surface area (Å²) in [6.07, 6.45) is 0. The largest absolute Gasteiger partial charge is 0.349 e. The van der Waals surface area contributed by atoms with Gasteiger partial charge in [-0.15, -0.1) is 0 Å². The molecule has 0 aliphatic carbocycles. The highest BCUT2D eigenvalue weighted by atomic mass is 79.9. The first-order valence-electron chi connectivity index (χ1n) is 8.94. The monoisotopic (exact) mass is 468 g/mol. The maximum absolute atomic E-state index is 12.4. The van der Waals surface area contributed by atoms with E-state index < -0.39 is 5.91 Å². The van der Waals surface area contributed by atoms with Crippen LogP contribution in [-0.2, 0) is 0 Å². The van der Waals surface area contributed by atoms with Gasteiger partial charge in [0, 0.05) is 39.3 Å². The van der Waals surface area contributed by atoms with Crippen molar-refractivity contribution in [3.05, 3.63) is 45.0 Å². The number of aromatic amines is 1. The molecule has 3 N–H and O–H groups in total. The second kappa shape index (κ2) is 9.51. The molecule has 0 unspecified atom stereocenters. The summed E-state index contributed by atoms with van der Waals surface area (Å²) in [5.74, 6) is -0.401. The Morgan fingerprint density at radius 2 is 1.93 bits per heavy atom. The quantitative estimate of drug-likeness (QED) is 0.602. The molecule has 3 rings (SSSR count). The first-order chi connectivity index (χ1) is 13.5. The number of piperazine rings is 1. The molecule has 8 nitrogen and oxygen atoms in total. The van der Waals surface area contributed by atoms with Crippen LogP contribution >= 0.6 is 27.5 Å². The molecule has 10 heteroatoms. The number of anilines is 1. The molecule has 0 bridgehead atoms. The topological polar surface area (TPSA) is 93.4 Å². The van der Waals surface area contributed by atoms with Gasteiger partial charge in [-0.05, 0) is 35.1 Å². The maximum Gasteiger partial charge on any atom is 0.273 e. The fraction of sp³-hybridized carbons (Fsp3) is 0.389. The Hall–Kier alpha value is -1.94. The molecule has 1 aliphatic rings. The standard InChI is InChI=1S/C18H22BrClN6O2/c1-25-8-10-26(11-9-25)7-6-21-18(28)15-14(19)16(24-23-15)22-17(27)12-4-2-3-5-13(12)20/h2-5H,6-11H2,1H3,(H,21,28)(H2,22,23,24,27). The first kappa shape index (κ1) is 20.8. The van der Waals surface area contributed by atoms with E-state index in [2.05, 4.69) is 53.6 Å². The van der Waals surface area contributed by atoms with Crippen molar-refractivity contribution < 1.29 is 9.59 Å². The number of nitrogens with one attached hydrogen (secondary N) is 3. The average molecular weight is 470 g/mol. The van der Waals surface area contributed by atoms with Crippen LogP contribution in [0.3, 0.4) is 0 Å². The molecule has 0 saturated carbocycles. The molecular formula is C18H22BrClN6O2. The van der Waals surface area contributed by atoms with Gasteiger partial charge in [0.1, 0.15) is 5.82 Å². The molecule has 2 heterocycles. The van der Waals surface area contributed by atoms with Gasteiger partial charge in [-0.25, -0.2) is 0 Å². The molecule has 1 saturated heterocycles. The van der Waals surface area contributed by atoms with Crippen molar-refractivity contribution in [3.8, 4) is 0 Å². The number of amides is 2. The molecule has 1 aliphatic heterocycles. The van der Waals surface area contributed by atoms with Crippen LogP contribution in [0.5, 0.6) is 0 Å². The van der Waals surface area contributed by atoms with Crippen LogP contribution in [0.1, 0.15) is 20.8 Å². The lowest BCUT2D eigenvalue weighted by Gasteiger charge is -2.32. The summed E-state index contributed by atoms with van der Waals surface area (Å²) >= 11 is 9.37. The summed E-state index contributed by atoms with van der Waals surface area (Å²) in [5.41, 5.74) is 0.525. The van der Waals surface area contributed by atoms with Gasteiger partial charge >= 0.3 is 0 Å². The van der Waals surface area contributed by atoms with E-state index in [0.717, 1.165) is 32.7 Å². The van der Waals surface area contributed by atoms with Crippen LogP contribution in [0.25, 0.3) is 0 Å². The number of hydrogen-bond acceptors (Lipinski definition) is 5. The minimum atomic E-state index is -0.392. The second-order valence-electron chi connectivity index (χ2n) is 6.60. The van der Waals surface area contributed by atoms with E-state index in [1.807, 2.05) is 0 Å². The van der Waals surface area contributed by atoms with Gasteiger partial charge in [0.2, 0.25) is 0 Å². The van der Waals surface area contributed by atoms with E-state index in [1.54, 1.807) is 24.3 Å².